The number of pyridine rings is 1. The van der Waals surface area contributed by atoms with Crippen LogP contribution < -0.4 is 16.0 Å². The number of aromatic nitrogens is 1. The van der Waals surface area contributed by atoms with E-state index in [1.807, 2.05) is 12.1 Å². The van der Waals surface area contributed by atoms with Crippen LogP contribution >= 0.6 is 0 Å². The molecule has 1 aromatic heterocycles. The second kappa shape index (κ2) is 5.81. The van der Waals surface area contributed by atoms with E-state index in [1.165, 1.54) is 4.57 Å². The van der Waals surface area contributed by atoms with E-state index in [-0.39, 0.29) is 17.6 Å². The van der Waals surface area contributed by atoms with Crippen LogP contribution in [0, 0.1) is 10.8 Å². The zero-order valence-corrected chi connectivity index (χ0v) is 12.5. The first-order valence-electron chi connectivity index (χ1n) is 7.40. The molecule has 2 unspecified atom stereocenters. The summed E-state index contributed by atoms with van der Waals surface area (Å²) >= 11 is 0. The third-order valence-electron chi connectivity index (χ3n) is 4.04. The van der Waals surface area contributed by atoms with Crippen LogP contribution in [0.15, 0.2) is 42.6 Å². The normalized spacial score (nSPS) is 20.2. The summed E-state index contributed by atoms with van der Waals surface area (Å²) in [4.78, 5) is 0. The first-order chi connectivity index (χ1) is 10.6. The summed E-state index contributed by atoms with van der Waals surface area (Å²) in [6.07, 6.45) is 3.42. The maximum atomic E-state index is 7.81. The molecule has 22 heavy (non-hydrogen) atoms. The van der Waals surface area contributed by atoms with Gasteiger partial charge in [-0.15, -0.1) is 0 Å². The van der Waals surface area contributed by atoms with Crippen molar-refractivity contribution >= 4 is 13.6 Å². The summed E-state index contributed by atoms with van der Waals surface area (Å²) in [7, 11) is 1.65. The minimum atomic E-state index is -0.0351. The number of nitrogens with two attached hydrogens (primary N) is 1. The predicted molar refractivity (Wildman–Crippen MR) is 87.9 cm³/mol. The lowest BCUT2D eigenvalue weighted by atomic mass is 9.86. The molecule has 2 aromatic rings. The molecule has 1 heterocycles. The number of hydrogen-bond donors (Lipinski definition) is 3. The Morgan fingerprint density at radius 3 is 2.64 bits per heavy atom. The van der Waals surface area contributed by atoms with Gasteiger partial charge in [-0.05, 0) is 36.1 Å². The highest BCUT2D eigenvalue weighted by Crippen LogP contribution is 2.37. The fourth-order valence-electron chi connectivity index (χ4n) is 2.90. The van der Waals surface area contributed by atoms with E-state index in [0.717, 1.165) is 24.0 Å². The standard InChI is InChI=1S/C16H19BN4O/c17-16(20)21-9-10(5-8-15(21)19)22-14-7-6-13(18)11-3-1-2-4-12(11)14/h1-5,8-9,13-14,19-20H,6-7,17-18H2. The molecule has 0 amide bonds. The molecular weight excluding hydrogens is 275 g/mol. The van der Waals surface area contributed by atoms with Crippen molar-refractivity contribution in [3.05, 3.63) is 59.2 Å². The molecule has 0 fully saturated rings. The monoisotopic (exact) mass is 294 g/mol. The Balaban J connectivity index is 1.91. The number of fused-ring (bicyclic) bond motifs is 1. The van der Waals surface area contributed by atoms with Crippen molar-refractivity contribution < 1.29 is 4.74 Å². The highest BCUT2D eigenvalue weighted by Gasteiger charge is 2.26. The summed E-state index contributed by atoms with van der Waals surface area (Å²) in [6.45, 7) is 0. The van der Waals surface area contributed by atoms with Crippen molar-refractivity contribution in [1.82, 2.24) is 4.57 Å². The van der Waals surface area contributed by atoms with E-state index in [2.05, 4.69) is 12.1 Å². The summed E-state index contributed by atoms with van der Waals surface area (Å²) in [6, 6.07) is 11.6. The van der Waals surface area contributed by atoms with Crippen LogP contribution in [0.1, 0.15) is 36.1 Å². The number of nitrogens with one attached hydrogen (secondary N) is 2. The zero-order valence-electron chi connectivity index (χ0n) is 12.5. The molecular formula is C16H19BN4O. The van der Waals surface area contributed by atoms with Gasteiger partial charge in [0.1, 0.15) is 17.3 Å². The molecule has 1 aliphatic carbocycles. The Labute approximate surface area is 130 Å². The highest BCUT2D eigenvalue weighted by molar-refractivity contribution is 6.58. The molecule has 5 nitrogen and oxygen atoms in total. The van der Waals surface area contributed by atoms with Crippen molar-refractivity contribution in [1.29, 1.82) is 10.8 Å². The zero-order chi connectivity index (χ0) is 15.7. The van der Waals surface area contributed by atoms with Crippen LogP contribution in [0.4, 0.5) is 0 Å². The lowest BCUT2D eigenvalue weighted by molar-refractivity contribution is 0.176. The Hall–Kier alpha value is -2.34. The molecule has 2 atom stereocenters. The maximum Gasteiger partial charge on any atom is 0.186 e. The fourth-order valence-corrected chi connectivity index (χ4v) is 2.90. The van der Waals surface area contributed by atoms with Gasteiger partial charge in [0.25, 0.3) is 0 Å². The summed E-state index contributed by atoms with van der Waals surface area (Å²) in [5.74, 6) is 0.665. The van der Waals surface area contributed by atoms with Crippen LogP contribution in [0.25, 0.3) is 0 Å². The van der Waals surface area contributed by atoms with Crippen LogP contribution in [-0.2, 0) is 0 Å². The first-order valence-corrected chi connectivity index (χ1v) is 7.40. The Kier molecular flexibility index (Phi) is 3.85. The van der Waals surface area contributed by atoms with Crippen LogP contribution in [-0.4, -0.2) is 18.1 Å². The van der Waals surface area contributed by atoms with Crippen LogP contribution in [0.3, 0.4) is 0 Å². The van der Waals surface area contributed by atoms with Gasteiger partial charge in [0.05, 0.1) is 11.9 Å². The van der Waals surface area contributed by atoms with Gasteiger partial charge in [0, 0.05) is 6.04 Å². The molecule has 4 N–H and O–H groups in total. The Bertz CT molecular complexity index is 771. The van der Waals surface area contributed by atoms with E-state index in [1.54, 1.807) is 26.2 Å². The number of ether oxygens (including phenoxy) is 1. The number of nitrogens with zero attached hydrogens (tertiary/aromatic N) is 1. The van der Waals surface area contributed by atoms with Gasteiger partial charge in [-0.1, -0.05) is 24.3 Å². The first kappa shape index (κ1) is 14.6. The SMILES string of the molecule is BC(=N)n1cc(OC2CCC(N)c3ccccc32)ccc1=N. The molecule has 0 aliphatic heterocycles. The van der Waals surface area contributed by atoms with Gasteiger partial charge in [-0.3, -0.25) is 15.4 Å². The number of benzene rings is 1. The third-order valence-corrected chi connectivity index (χ3v) is 4.04. The molecule has 112 valence electrons. The Morgan fingerprint density at radius 2 is 1.91 bits per heavy atom. The quantitative estimate of drug-likeness (QED) is 0.443. The predicted octanol–water partition coefficient (Wildman–Crippen LogP) is 1.30. The molecule has 0 bridgehead atoms. The van der Waals surface area contributed by atoms with Gasteiger partial charge in [-0.25, -0.2) is 0 Å². The van der Waals surface area contributed by atoms with E-state index in [9.17, 15) is 0 Å². The van der Waals surface area contributed by atoms with Gasteiger partial charge in [0.2, 0.25) is 0 Å². The van der Waals surface area contributed by atoms with Gasteiger partial charge >= 0.3 is 0 Å². The molecule has 0 saturated heterocycles. The second-order valence-corrected chi connectivity index (χ2v) is 5.62. The Morgan fingerprint density at radius 1 is 1.18 bits per heavy atom. The van der Waals surface area contributed by atoms with Crippen molar-refractivity contribution in [2.24, 2.45) is 5.73 Å². The van der Waals surface area contributed by atoms with Crippen molar-refractivity contribution in [3.8, 4) is 5.75 Å². The minimum Gasteiger partial charge on any atom is -0.484 e. The van der Waals surface area contributed by atoms with Gasteiger partial charge in [-0.2, -0.15) is 0 Å². The average molecular weight is 294 g/mol. The molecule has 6 heteroatoms. The van der Waals surface area contributed by atoms with E-state index < -0.39 is 0 Å². The van der Waals surface area contributed by atoms with Gasteiger partial charge < -0.3 is 10.5 Å². The molecule has 0 saturated carbocycles. The van der Waals surface area contributed by atoms with E-state index in [4.69, 9.17) is 21.3 Å². The summed E-state index contributed by atoms with van der Waals surface area (Å²) in [5.41, 5.74) is 9.01. The smallest absolute Gasteiger partial charge is 0.186 e. The largest absolute Gasteiger partial charge is 0.484 e. The lowest BCUT2D eigenvalue weighted by Crippen LogP contribution is -2.26. The second-order valence-electron chi connectivity index (χ2n) is 5.62. The summed E-state index contributed by atoms with van der Waals surface area (Å²) in [5, 5.41) is 15.5. The highest BCUT2D eigenvalue weighted by atomic mass is 16.5. The van der Waals surface area contributed by atoms with Gasteiger partial charge in [0.15, 0.2) is 7.85 Å². The molecule has 0 spiro atoms. The molecule has 0 radical (unpaired) electrons. The average Bonchev–Trinajstić information content (AvgIpc) is 2.52. The van der Waals surface area contributed by atoms with Crippen molar-refractivity contribution in [2.75, 3.05) is 0 Å². The van der Waals surface area contributed by atoms with Crippen LogP contribution in [0.5, 0.6) is 5.75 Å². The van der Waals surface area contributed by atoms with Crippen molar-refractivity contribution in [2.45, 2.75) is 25.0 Å². The number of rotatable bonds is 2. The van der Waals surface area contributed by atoms with E-state index in [0.29, 0.717) is 11.5 Å². The molecule has 1 aromatic carbocycles. The van der Waals surface area contributed by atoms with E-state index >= 15 is 0 Å². The molecule has 1 aliphatic rings. The maximum absolute atomic E-state index is 7.81. The number of hydrogen-bond acceptors (Lipinski definition) is 4. The van der Waals surface area contributed by atoms with Crippen molar-refractivity contribution in [3.63, 3.8) is 0 Å². The van der Waals surface area contributed by atoms with Crippen LogP contribution in [0.2, 0.25) is 0 Å². The third kappa shape index (κ3) is 2.70. The molecule has 3 rings (SSSR count). The summed E-state index contributed by atoms with van der Waals surface area (Å²) < 4.78 is 7.62. The lowest BCUT2D eigenvalue weighted by Gasteiger charge is -2.30. The topological polar surface area (TPSA) is 87.9 Å². The fraction of sp³-hybridized carbons (Fsp3) is 0.250. The minimum absolute atomic E-state index is 0.0351.